The third kappa shape index (κ3) is 2.50. The molecule has 1 aromatic heterocycles. The summed E-state index contributed by atoms with van der Waals surface area (Å²) in [5.74, 6) is -0.761. The van der Waals surface area contributed by atoms with Crippen LogP contribution in [0.4, 0.5) is 4.39 Å². The van der Waals surface area contributed by atoms with Gasteiger partial charge in [-0.05, 0) is 19.0 Å². The Morgan fingerprint density at radius 3 is 3.13 bits per heavy atom. The van der Waals surface area contributed by atoms with Crippen molar-refractivity contribution in [3.8, 4) is 0 Å². The van der Waals surface area contributed by atoms with Gasteiger partial charge in [0.2, 0.25) is 0 Å². The maximum Gasteiger partial charge on any atom is 0.253 e. The molecule has 0 saturated carbocycles. The van der Waals surface area contributed by atoms with Crippen LogP contribution in [0.15, 0.2) is 18.5 Å². The van der Waals surface area contributed by atoms with Crippen LogP contribution in [0.5, 0.6) is 0 Å². The molecule has 1 aliphatic rings. The lowest BCUT2D eigenvalue weighted by atomic mass is 10.2. The van der Waals surface area contributed by atoms with Crippen molar-refractivity contribution in [2.75, 3.05) is 13.1 Å². The van der Waals surface area contributed by atoms with Gasteiger partial charge in [-0.25, -0.2) is 4.39 Å². The number of rotatable bonds is 2. The number of halogens is 1. The van der Waals surface area contributed by atoms with Crippen molar-refractivity contribution in [3.63, 3.8) is 0 Å². The minimum absolute atomic E-state index is 0.140. The maximum absolute atomic E-state index is 12.8. The summed E-state index contributed by atoms with van der Waals surface area (Å²) in [6.07, 6.45) is 3.35. The van der Waals surface area contributed by atoms with Crippen molar-refractivity contribution in [1.82, 2.24) is 15.6 Å². The topological polar surface area (TPSA) is 54.0 Å². The number of nitrogens with zero attached hydrogens (tertiary/aromatic N) is 1. The van der Waals surface area contributed by atoms with E-state index < -0.39 is 5.82 Å². The van der Waals surface area contributed by atoms with Gasteiger partial charge < -0.3 is 10.6 Å². The quantitative estimate of drug-likeness (QED) is 0.737. The normalized spacial score (nSPS) is 20.2. The van der Waals surface area contributed by atoms with E-state index in [0.717, 1.165) is 25.7 Å². The summed E-state index contributed by atoms with van der Waals surface area (Å²) < 4.78 is 12.8. The molecule has 15 heavy (non-hydrogen) atoms. The molecule has 2 N–H and O–H groups in total. The summed E-state index contributed by atoms with van der Waals surface area (Å²) in [7, 11) is 0. The second-order valence-electron chi connectivity index (χ2n) is 3.56. The van der Waals surface area contributed by atoms with Crippen LogP contribution in [0.3, 0.4) is 0 Å². The highest BCUT2D eigenvalue weighted by atomic mass is 19.1. The van der Waals surface area contributed by atoms with Crippen molar-refractivity contribution in [2.24, 2.45) is 0 Å². The highest BCUT2D eigenvalue weighted by Gasteiger charge is 2.17. The third-order valence-electron chi connectivity index (χ3n) is 2.36. The zero-order valence-electron chi connectivity index (χ0n) is 8.16. The lowest BCUT2D eigenvalue weighted by molar-refractivity contribution is 0.0939. The lowest BCUT2D eigenvalue weighted by Crippen LogP contribution is -2.36. The SMILES string of the molecule is O=C(N[C@@H]1CCNC1)c1cncc(F)c1. The molecule has 1 aromatic rings. The number of hydrogen-bond donors (Lipinski definition) is 2. The molecule has 0 aliphatic carbocycles. The van der Waals surface area contributed by atoms with E-state index in [0.29, 0.717) is 0 Å². The first-order chi connectivity index (χ1) is 7.25. The van der Waals surface area contributed by atoms with Crippen LogP contribution in [0.25, 0.3) is 0 Å². The van der Waals surface area contributed by atoms with E-state index in [2.05, 4.69) is 15.6 Å². The van der Waals surface area contributed by atoms with Crippen LogP contribution in [0.2, 0.25) is 0 Å². The molecule has 0 bridgehead atoms. The molecule has 1 fully saturated rings. The van der Waals surface area contributed by atoms with Crippen LogP contribution in [-0.2, 0) is 0 Å². The summed E-state index contributed by atoms with van der Waals surface area (Å²) in [6.45, 7) is 1.68. The first-order valence-corrected chi connectivity index (χ1v) is 4.88. The molecule has 1 amide bonds. The van der Waals surface area contributed by atoms with Crippen LogP contribution in [0.1, 0.15) is 16.8 Å². The van der Waals surface area contributed by atoms with Gasteiger partial charge in [0.25, 0.3) is 5.91 Å². The number of nitrogens with one attached hydrogen (secondary N) is 2. The predicted molar refractivity (Wildman–Crippen MR) is 52.9 cm³/mol. The second kappa shape index (κ2) is 4.35. The number of carbonyl (C=O) groups excluding carboxylic acids is 1. The Kier molecular flexibility index (Phi) is 2.91. The Hall–Kier alpha value is -1.49. The first-order valence-electron chi connectivity index (χ1n) is 4.88. The van der Waals surface area contributed by atoms with Crippen molar-refractivity contribution in [2.45, 2.75) is 12.5 Å². The minimum atomic E-state index is -0.493. The fourth-order valence-corrected chi connectivity index (χ4v) is 1.58. The van der Waals surface area contributed by atoms with Crippen molar-refractivity contribution in [1.29, 1.82) is 0 Å². The van der Waals surface area contributed by atoms with Gasteiger partial charge in [0, 0.05) is 18.8 Å². The number of amides is 1. The van der Waals surface area contributed by atoms with Crippen LogP contribution in [0, 0.1) is 5.82 Å². The highest BCUT2D eigenvalue weighted by molar-refractivity contribution is 5.94. The van der Waals surface area contributed by atoms with Crippen LogP contribution in [-0.4, -0.2) is 30.0 Å². The van der Waals surface area contributed by atoms with Gasteiger partial charge in [-0.2, -0.15) is 0 Å². The largest absolute Gasteiger partial charge is 0.348 e. The molecular weight excluding hydrogens is 197 g/mol. The Morgan fingerprint density at radius 1 is 1.60 bits per heavy atom. The van der Waals surface area contributed by atoms with Crippen LogP contribution < -0.4 is 10.6 Å². The van der Waals surface area contributed by atoms with Crippen molar-refractivity contribution >= 4 is 5.91 Å². The molecule has 1 saturated heterocycles. The maximum atomic E-state index is 12.8. The Balaban J connectivity index is 2.01. The molecule has 1 atom stereocenters. The first kappa shape index (κ1) is 10.0. The highest BCUT2D eigenvalue weighted by Crippen LogP contribution is 2.03. The molecule has 0 aromatic carbocycles. The molecule has 1 aliphatic heterocycles. The Morgan fingerprint density at radius 2 is 2.47 bits per heavy atom. The summed E-state index contributed by atoms with van der Waals surface area (Å²) in [5.41, 5.74) is 0.266. The van der Waals surface area contributed by atoms with E-state index in [1.165, 1.54) is 12.3 Å². The molecule has 0 spiro atoms. The van der Waals surface area contributed by atoms with Gasteiger partial charge in [0.1, 0.15) is 5.82 Å². The molecule has 2 rings (SSSR count). The predicted octanol–water partition coefficient (Wildman–Crippen LogP) is 0.312. The van der Waals surface area contributed by atoms with E-state index in [9.17, 15) is 9.18 Å². The average molecular weight is 209 g/mol. The number of carbonyl (C=O) groups is 1. The molecule has 80 valence electrons. The van der Waals surface area contributed by atoms with E-state index in [1.807, 2.05) is 0 Å². The molecule has 4 nitrogen and oxygen atoms in total. The van der Waals surface area contributed by atoms with Gasteiger partial charge in [0.15, 0.2) is 0 Å². The smallest absolute Gasteiger partial charge is 0.253 e. The van der Waals surface area contributed by atoms with Gasteiger partial charge in [0.05, 0.1) is 11.8 Å². The molecular formula is C10H12FN3O. The third-order valence-corrected chi connectivity index (χ3v) is 2.36. The standard InChI is InChI=1S/C10H12FN3O/c11-8-3-7(4-13-5-8)10(15)14-9-1-2-12-6-9/h3-5,9,12H,1-2,6H2,(H,14,15)/t9-/m1/s1. The molecule has 2 heterocycles. The van der Waals surface area contributed by atoms with Crippen molar-refractivity contribution in [3.05, 3.63) is 29.8 Å². The molecule has 0 unspecified atom stereocenters. The number of pyridine rings is 1. The Labute approximate surface area is 86.9 Å². The van der Waals surface area contributed by atoms with Gasteiger partial charge >= 0.3 is 0 Å². The number of hydrogen-bond acceptors (Lipinski definition) is 3. The Bertz CT molecular complexity index is 363. The van der Waals surface area contributed by atoms with Gasteiger partial charge in [-0.15, -0.1) is 0 Å². The van der Waals surface area contributed by atoms with E-state index in [4.69, 9.17) is 0 Å². The number of aromatic nitrogens is 1. The summed E-state index contributed by atoms with van der Waals surface area (Å²) in [6, 6.07) is 1.32. The van der Waals surface area contributed by atoms with E-state index in [-0.39, 0.29) is 17.5 Å². The second-order valence-corrected chi connectivity index (χ2v) is 3.56. The zero-order chi connectivity index (χ0) is 10.7. The summed E-state index contributed by atoms with van der Waals surface area (Å²) >= 11 is 0. The summed E-state index contributed by atoms with van der Waals surface area (Å²) in [4.78, 5) is 15.2. The van der Waals surface area contributed by atoms with Crippen molar-refractivity contribution < 1.29 is 9.18 Å². The lowest BCUT2D eigenvalue weighted by Gasteiger charge is -2.10. The zero-order valence-corrected chi connectivity index (χ0v) is 8.16. The fourth-order valence-electron chi connectivity index (χ4n) is 1.58. The minimum Gasteiger partial charge on any atom is -0.348 e. The van der Waals surface area contributed by atoms with Gasteiger partial charge in [-0.3, -0.25) is 9.78 Å². The van der Waals surface area contributed by atoms with E-state index >= 15 is 0 Å². The average Bonchev–Trinajstić information content (AvgIpc) is 2.70. The molecule has 0 radical (unpaired) electrons. The van der Waals surface area contributed by atoms with Crippen LogP contribution >= 0.6 is 0 Å². The summed E-state index contributed by atoms with van der Waals surface area (Å²) in [5, 5.41) is 5.95. The van der Waals surface area contributed by atoms with Gasteiger partial charge in [-0.1, -0.05) is 0 Å². The monoisotopic (exact) mass is 209 g/mol. The van der Waals surface area contributed by atoms with E-state index in [1.54, 1.807) is 0 Å². The fraction of sp³-hybridized carbons (Fsp3) is 0.400. The molecule has 5 heteroatoms.